The fraction of sp³-hybridized carbons (Fsp3) is 0.786. The summed E-state index contributed by atoms with van der Waals surface area (Å²) in [5.41, 5.74) is 0. The number of allylic oxidation sites excluding steroid dienone is 1. The first-order valence-corrected chi connectivity index (χ1v) is 6.92. The Morgan fingerprint density at radius 2 is 1.94 bits per heavy atom. The number of rotatable bonds is 4. The highest BCUT2D eigenvalue weighted by Gasteiger charge is 2.27. The third-order valence-electron chi connectivity index (χ3n) is 3.83. The Balaban J connectivity index is 1.75. The molecule has 2 aliphatic rings. The molecule has 96 valence electrons. The van der Waals surface area contributed by atoms with Crippen molar-refractivity contribution in [2.75, 3.05) is 7.05 Å². The molecule has 0 aliphatic heterocycles. The molecule has 0 saturated heterocycles. The second kappa shape index (κ2) is 6.08. The van der Waals surface area contributed by atoms with Crippen LogP contribution in [0.15, 0.2) is 17.0 Å². The van der Waals surface area contributed by atoms with Crippen LogP contribution in [0.1, 0.15) is 51.4 Å². The molecule has 2 rings (SSSR count). The van der Waals surface area contributed by atoms with Gasteiger partial charge in [-0.05, 0) is 31.3 Å². The molecule has 0 radical (unpaired) electrons. The minimum Gasteiger partial charge on any atom is -0.495 e. The minimum atomic E-state index is 0.295. The number of aliphatic hydroxyl groups excluding tert-OH is 1. The van der Waals surface area contributed by atoms with E-state index in [1.54, 1.807) is 7.05 Å². The maximum atomic E-state index is 9.83. The highest BCUT2D eigenvalue weighted by molar-refractivity contribution is 5.87. The van der Waals surface area contributed by atoms with Crippen LogP contribution < -0.4 is 5.32 Å². The van der Waals surface area contributed by atoms with Gasteiger partial charge in [0.1, 0.15) is 5.84 Å². The van der Waals surface area contributed by atoms with Gasteiger partial charge in [0.2, 0.25) is 0 Å². The average Bonchev–Trinajstić information content (AvgIpc) is 3.19. The van der Waals surface area contributed by atoms with Gasteiger partial charge in [-0.25, -0.2) is 0 Å². The van der Waals surface area contributed by atoms with Gasteiger partial charge in [-0.2, -0.15) is 0 Å². The van der Waals surface area contributed by atoms with E-state index in [0.29, 0.717) is 11.8 Å². The molecule has 0 aromatic carbocycles. The summed E-state index contributed by atoms with van der Waals surface area (Å²) in [7, 11) is 1.79. The third-order valence-corrected chi connectivity index (χ3v) is 3.83. The van der Waals surface area contributed by atoms with Crippen molar-refractivity contribution in [3.05, 3.63) is 12.0 Å². The summed E-state index contributed by atoms with van der Waals surface area (Å²) in [5.74, 6) is 2.58. The average molecular weight is 236 g/mol. The quantitative estimate of drug-likeness (QED) is 0.446. The summed E-state index contributed by atoms with van der Waals surface area (Å²) >= 11 is 0. The Morgan fingerprint density at radius 3 is 2.53 bits per heavy atom. The van der Waals surface area contributed by atoms with Crippen molar-refractivity contribution in [1.29, 1.82) is 0 Å². The van der Waals surface area contributed by atoms with Gasteiger partial charge in [0.25, 0.3) is 0 Å². The highest BCUT2D eigenvalue weighted by atomic mass is 16.3. The number of nitrogens with zero attached hydrogens (tertiary/aromatic N) is 1. The van der Waals surface area contributed by atoms with Gasteiger partial charge in [0, 0.05) is 13.0 Å². The lowest BCUT2D eigenvalue weighted by atomic mass is 9.87. The van der Waals surface area contributed by atoms with Crippen LogP contribution in [0.4, 0.5) is 0 Å². The number of aliphatic imine (C=N–C) groups is 1. The normalized spacial score (nSPS) is 23.8. The minimum absolute atomic E-state index is 0.295. The van der Waals surface area contributed by atoms with E-state index in [0.717, 1.165) is 18.2 Å². The fourth-order valence-electron chi connectivity index (χ4n) is 2.58. The number of hydrogen-bond donors (Lipinski definition) is 2. The van der Waals surface area contributed by atoms with Crippen molar-refractivity contribution in [2.24, 2.45) is 16.8 Å². The number of aliphatic hydroxyl groups is 1. The first-order chi connectivity index (χ1) is 8.29. The largest absolute Gasteiger partial charge is 0.495 e. The van der Waals surface area contributed by atoms with E-state index >= 15 is 0 Å². The first kappa shape index (κ1) is 12.5. The molecule has 0 bridgehead atoms. The van der Waals surface area contributed by atoms with E-state index in [9.17, 15) is 5.11 Å². The summed E-state index contributed by atoms with van der Waals surface area (Å²) in [6, 6.07) is 0. The monoisotopic (exact) mass is 236 g/mol. The van der Waals surface area contributed by atoms with Crippen LogP contribution in [0.5, 0.6) is 0 Å². The van der Waals surface area contributed by atoms with Gasteiger partial charge >= 0.3 is 0 Å². The SMILES string of the molecule is CN=C(N/C(O)=C\CC1CCCCC1)C1CC1. The zero-order valence-electron chi connectivity index (χ0n) is 10.8. The molecule has 0 heterocycles. The first-order valence-electron chi connectivity index (χ1n) is 6.92. The van der Waals surface area contributed by atoms with Crippen molar-refractivity contribution < 1.29 is 5.11 Å². The molecule has 0 aromatic heterocycles. The molecule has 0 spiro atoms. The van der Waals surface area contributed by atoms with Crippen LogP contribution in [0.25, 0.3) is 0 Å². The Labute approximate surface area is 104 Å². The van der Waals surface area contributed by atoms with Crippen molar-refractivity contribution in [2.45, 2.75) is 51.4 Å². The summed E-state index contributed by atoms with van der Waals surface area (Å²) < 4.78 is 0. The summed E-state index contributed by atoms with van der Waals surface area (Å²) in [4.78, 5) is 4.19. The van der Waals surface area contributed by atoms with Crippen LogP contribution in [0, 0.1) is 11.8 Å². The lowest BCUT2D eigenvalue weighted by Gasteiger charge is -2.20. The van der Waals surface area contributed by atoms with E-state index in [1.165, 1.54) is 44.9 Å². The topological polar surface area (TPSA) is 44.6 Å². The molecule has 2 saturated carbocycles. The molecule has 2 aliphatic carbocycles. The molecule has 3 nitrogen and oxygen atoms in total. The second-order valence-corrected chi connectivity index (χ2v) is 5.34. The molecule has 3 heteroatoms. The lowest BCUT2D eigenvalue weighted by Crippen LogP contribution is -2.24. The van der Waals surface area contributed by atoms with Crippen molar-refractivity contribution in [1.82, 2.24) is 5.32 Å². The van der Waals surface area contributed by atoms with Crippen LogP contribution in [-0.2, 0) is 0 Å². The maximum Gasteiger partial charge on any atom is 0.185 e. The third kappa shape index (κ3) is 4.06. The lowest BCUT2D eigenvalue weighted by molar-refractivity contribution is 0.346. The van der Waals surface area contributed by atoms with Gasteiger partial charge < -0.3 is 10.4 Å². The second-order valence-electron chi connectivity index (χ2n) is 5.34. The van der Waals surface area contributed by atoms with E-state index in [-0.39, 0.29) is 0 Å². The molecule has 0 unspecified atom stereocenters. The summed E-state index contributed by atoms with van der Waals surface area (Å²) in [6.45, 7) is 0. The van der Waals surface area contributed by atoms with Gasteiger partial charge in [-0.3, -0.25) is 4.99 Å². The van der Waals surface area contributed by atoms with Crippen molar-refractivity contribution in [3.63, 3.8) is 0 Å². The molecular weight excluding hydrogens is 212 g/mol. The highest BCUT2D eigenvalue weighted by Crippen LogP contribution is 2.30. The molecule has 2 N–H and O–H groups in total. The van der Waals surface area contributed by atoms with Crippen LogP contribution in [-0.4, -0.2) is 18.0 Å². The van der Waals surface area contributed by atoms with Crippen molar-refractivity contribution >= 4 is 5.84 Å². The van der Waals surface area contributed by atoms with Crippen molar-refractivity contribution in [3.8, 4) is 0 Å². The number of hydrogen-bond acceptors (Lipinski definition) is 2. The number of amidine groups is 1. The molecule has 0 amide bonds. The predicted molar refractivity (Wildman–Crippen MR) is 71.1 cm³/mol. The fourth-order valence-corrected chi connectivity index (χ4v) is 2.58. The van der Waals surface area contributed by atoms with E-state index in [4.69, 9.17) is 0 Å². The molecular formula is C14H24N2O. The molecule has 2 fully saturated rings. The van der Waals surface area contributed by atoms with Crippen LogP contribution in [0.3, 0.4) is 0 Å². The Hall–Kier alpha value is -0.990. The van der Waals surface area contributed by atoms with Gasteiger partial charge in [-0.1, -0.05) is 32.1 Å². The van der Waals surface area contributed by atoms with Gasteiger partial charge in [0.05, 0.1) is 0 Å². The van der Waals surface area contributed by atoms with Crippen LogP contribution >= 0.6 is 0 Å². The standard InChI is InChI=1S/C14H24N2O/c1-15-14(12-8-9-12)16-13(17)10-7-11-5-3-2-4-6-11/h10-12,17H,2-9H2,1H3,(H,15,16)/b13-10+. The molecule has 0 atom stereocenters. The zero-order chi connectivity index (χ0) is 12.1. The summed E-state index contributed by atoms with van der Waals surface area (Å²) in [6.07, 6.45) is 12.1. The Bertz CT molecular complexity index is 299. The Kier molecular flexibility index (Phi) is 4.46. The molecule has 17 heavy (non-hydrogen) atoms. The number of nitrogens with one attached hydrogen (secondary N) is 1. The maximum absolute atomic E-state index is 9.83. The van der Waals surface area contributed by atoms with Gasteiger partial charge in [0.15, 0.2) is 5.88 Å². The Morgan fingerprint density at radius 1 is 1.24 bits per heavy atom. The van der Waals surface area contributed by atoms with Gasteiger partial charge in [-0.15, -0.1) is 0 Å². The predicted octanol–water partition coefficient (Wildman–Crippen LogP) is 3.38. The van der Waals surface area contributed by atoms with Crippen LogP contribution in [0.2, 0.25) is 0 Å². The zero-order valence-corrected chi connectivity index (χ0v) is 10.8. The van der Waals surface area contributed by atoms with E-state index in [2.05, 4.69) is 10.3 Å². The van der Waals surface area contributed by atoms with E-state index in [1.807, 2.05) is 6.08 Å². The summed E-state index contributed by atoms with van der Waals surface area (Å²) in [5, 5.41) is 12.9. The molecule has 0 aromatic rings. The van der Waals surface area contributed by atoms with E-state index < -0.39 is 0 Å². The smallest absolute Gasteiger partial charge is 0.185 e.